The maximum atomic E-state index is 12.9. The maximum absolute atomic E-state index is 12.9. The van der Waals surface area contributed by atoms with Gasteiger partial charge in [-0.05, 0) is 36.1 Å². The molecule has 24 heavy (non-hydrogen) atoms. The van der Waals surface area contributed by atoms with E-state index in [1.807, 2.05) is 0 Å². The van der Waals surface area contributed by atoms with E-state index in [9.17, 15) is 16.8 Å². The number of benzene rings is 1. The van der Waals surface area contributed by atoms with Crippen LogP contribution in [-0.4, -0.2) is 36.2 Å². The Morgan fingerprint density at radius 3 is 2.29 bits per heavy atom. The lowest BCUT2D eigenvalue weighted by Gasteiger charge is -2.18. The fourth-order valence-electron chi connectivity index (χ4n) is 2.10. The predicted octanol–water partition coefficient (Wildman–Crippen LogP) is 2.21. The number of rotatable bonds is 8. The van der Waals surface area contributed by atoms with Crippen molar-refractivity contribution < 1.29 is 21.6 Å². The van der Waals surface area contributed by atoms with Crippen LogP contribution in [0, 0.1) is 0 Å². The molecule has 0 aliphatic carbocycles. The average Bonchev–Trinajstić information content (AvgIpc) is 3.10. The summed E-state index contributed by atoms with van der Waals surface area (Å²) in [4.78, 5) is 0. The van der Waals surface area contributed by atoms with Gasteiger partial charge in [0.25, 0.3) is 0 Å². The van der Waals surface area contributed by atoms with Gasteiger partial charge in [0.15, 0.2) is 9.84 Å². The fraction of sp³-hybridized carbons (Fsp3) is 0.333. The minimum Gasteiger partial charge on any atom is -0.497 e. The first-order chi connectivity index (χ1) is 11.3. The minimum atomic E-state index is -3.71. The summed E-state index contributed by atoms with van der Waals surface area (Å²) in [5.74, 6) is 0.488. The Morgan fingerprint density at radius 2 is 1.79 bits per heavy atom. The molecule has 2 rings (SSSR count). The third-order valence-corrected chi connectivity index (χ3v) is 8.40. The third kappa shape index (κ3) is 4.35. The Kier molecular flexibility index (Phi) is 6.02. The number of ether oxygens (including phenoxy) is 1. The monoisotopic (exact) mass is 389 g/mol. The van der Waals surface area contributed by atoms with Gasteiger partial charge in [-0.2, -0.15) is 0 Å². The molecule has 0 amide bonds. The Labute approximate surface area is 146 Å². The zero-order chi connectivity index (χ0) is 17.8. The lowest BCUT2D eigenvalue weighted by atomic mass is 10.1. The van der Waals surface area contributed by atoms with Crippen LogP contribution < -0.4 is 9.46 Å². The SMILES string of the molecule is CCS(=O)(=O)NC[C@H](c1ccc(OC)cc1)S(=O)(=O)c1cccs1. The first kappa shape index (κ1) is 18.9. The van der Waals surface area contributed by atoms with Gasteiger partial charge in [0.2, 0.25) is 10.0 Å². The van der Waals surface area contributed by atoms with Crippen molar-refractivity contribution in [2.75, 3.05) is 19.4 Å². The highest BCUT2D eigenvalue weighted by molar-refractivity contribution is 7.93. The van der Waals surface area contributed by atoms with Crippen LogP contribution in [-0.2, 0) is 19.9 Å². The number of methoxy groups -OCH3 is 1. The molecule has 1 N–H and O–H groups in total. The lowest BCUT2D eigenvalue weighted by molar-refractivity contribution is 0.414. The summed E-state index contributed by atoms with van der Waals surface area (Å²) in [6, 6.07) is 9.74. The second kappa shape index (κ2) is 7.64. The van der Waals surface area contributed by atoms with Crippen LogP contribution >= 0.6 is 11.3 Å². The molecule has 132 valence electrons. The first-order valence-corrected chi connectivity index (χ1v) is 11.3. The van der Waals surface area contributed by atoms with Crippen molar-refractivity contribution in [2.24, 2.45) is 0 Å². The Bertz CT molecular complexity index is 856. The summed E-state index contributed by atoms with van der Waals surface area (Å²) >= 11 is 1.11. The van der Waals surface area contributed by atoms with Gasteiger partial charge in [-0.25, -0.2) is 21.6 Å². The molecule has 0 fully saturated rings. The van der Waals surface area contributed by atoms with Crippen LogP contribution in [0.5, 0.6) is 5.75 Å². The summed E-state index contributed by atoms with van der Waals surface area (Å²) in [6.45, 7) is 1.28. The van der Waals surface area contributed by atoms with Crippen molar-refractivity contribution in [3.63, 3.8) is 0 Å². The molecule has 1 aromatic carbocycles. The van der Waals surface area contributed by atoms with E-state index in [1.54, 1.807) is 35.7 Å². The highest BCUT2D eigenvalue weighted by Gasteiger charge is 2.31. The van der Waals surface area contributed by atoms with Crippen molar-refractivity contribution in [1.82, 2.24) is 4.72 Å². The first-order valence-electron chi connectivity index (χ1n) is 7.19. The van der Waals surface area contributed by atoms with Crippen molar-refractivity contribution in [3.05, 3.63) is 47.3 Å². The summed E-state index contributed by atoms with van der Waals surface area (Å²) in [7, 11) is -5.69. The smallest absolute Gasteiger partial charge is 0.211 e. The second-order valence-electron chi connectivity index (χ2n) is 4.99. The third-order valence-electron chi connectivity index (χ3n) is 3.51. The highest BCUT2D eigenvalue weighted by atomic mass is 32.2. The number of sulfonamides is 1. The van der Waals surface area contributed by atoms with Crippen LogP contribution in [0.1, 0.15) is 17.7 Å². The van der Waals surface area contributed by atoms with Gasteiger partial charge in [0.05, 0.1) is 12.9 Å². The number of thiophene rings is 1. The van der Waals surface area contributed by atoms with Gasteiger partial charge in [0.1, 0.15) is 15.2 Å². The average molecular weight is 390 g/mol. The van der Waals surface area contributed by atoms with Gasteiger partial charge in [0, 0.05) is 6.54 Å². The molecule has 0 spiro atoms. The van der Waals surface area contributed by atoms with Gasteiger partial charge >= 0.3 is 0 Å². The molecule has 1 aromatic heterocycles. The molecule has 0 radical (unpaired) electrons. The van der Waals surface area contributed by atoms with E-state index in [0.29, 0.717) is 11.3 Å². The zero-order valence-electron chi connectivity index (χ0n) is 13.3. The van der Waals surface area contributed by atoms with Crippen LogP contribution in [0.25, 0.3) is 0 Å². The van der Waals surface area contributed by atoms with E-state index in [1.165, 1.54) is 20.1 Å². The van der Waals surface area contributed by atoms with E-state index < -0.39 is 25.1 Å². The second-order valence-corrected chi connectivity index (χ2v) is 10.4. The van der Waals surface area contributed by atoms with Crippen molar-refractivity contribution in [2.45, 2.75) is 16.4 Å². The quantitative estimate of drug-likeness (QED) is 0.748. The molecular weight excluding hydrogens is 370 g/mol. The Balaban J connectivity index is 2.41. The molecule has 1 atom stereocenters. The Morgan fingerprint density at radius 1 is 1.12 bits per heavy atom. The number of sulfone groups is 1. The fourth-order valence-corrected chi connectivity index (χ4v) is 5.69. The van der Waals surface area contributed by atoms with E-state index in [2.05, 4.69) is 4.72 Å². The van der Waals surface area contributed by atoms with Crippen LogP contribution in [0.2, 0.25) is 0 Å². The van der Waals surface area contributed by atoms with E-state index in [4.69, 9.17) is 4.74 Å². The largest absolute Gasteiger partial charge is 0.497 e. The Hall–Kier alpha value is -1.42. The molecule has 2 aromatic rings. The molecule has 9 heteroatoms. The summed E-state index contributed by atoms with van der Waals surface area (Å²) in [6.07, 6.45) is 0. The highest BCUT2D eigenvalue weighted by Crippen LogP contribution is 2.32. The molecule has 0 aliphatic heterocycles. The summed E-state index contributed by atoms with van der Waals surface area (Å²) < 4.78 is 56.9. The van der Waals surface area contributed by atoms with Gasteiger partial charge in [-0.1, -0.05) is 18.2 Å². The van der Waals surface area contributed by atoms with Crippen LogP contribution in [0.15, 0.2) is 46.0 Å². The maximum Gasteiger partial charge on any atom is 0.211 e. The topological polar surface area (TPSA) is 89.5 Å². The van der Waals surface area contributed by atoms with E-state index in [-0.39, 0.29) is 16.5 Å². The predicted molar refractivity (Wildman–Crippen MR) is 94.7 cm³/mol. The normalized spacial score (nSPS) is 13.6. The molecule has 1 heterocycles. The van der Waals surface area contributed by atoms with Crippen LogP contribution in [0.3, 0.4) is 0 Å². The van der Waals surface area contributed by atoms with Crippen molar-refractivity contribution >= 4 is 31.2 Å². The minimum absolute atomic E-state index is 0.110. The van der Waals surface area contributed by atoms with E-state index >= 15 is 0 Å². The van der Waals surface area contributed by atoms with E-state index in [0.717, 1.165) is 11.3 Å². The number of nitrogens with one attached hydrogen (secondary N) is 1. The van der Waals surface area contributed by atoms with Gasteiger partial charge in [-0.3, -0.25) is 0 Å². The molecule has 6 nitrogen and oxygen atoms in total. The number of hydrogen-bond acceptors (Lipinski definition) is 6. The number of hydrogen-bond donors (Lipinski definition) is 1. The molecule has 0 saturated heterocycles. The van der Waals surface area contributed by atoms with Gasteiger partial charge < -0.3 is 4.74 Å². The molecule has 0 aliphatic rings. The lowest BCUT2D eigenvalue weighted by Crippen LogP contribution is -2.32. The van der Waals surface area contributed by atoms with Gasteiger partial charge in [-0.15, -0.1) is 11.3 Å². The van der Waals surface area contributed by atoms with Crippen LogP contribution in [0.4, 0.5) is 0 Å². The molecular formula is C15H19NO5S3. The van der Waals surface area contributed by atoms with Crippen molar-refractivity contribution in [3.8, 4) is 5.75 Å². The molecule has 0 unspecified atom stereocenters. The standard InChI is InChI=1S/C15H19NO5S3/c1-3-23(17,18)16-11-14(12-6-8-13(21-2)9-7-12)24(19,20)15-5-4-10-22-15/h4-10,14,16H,3,11H2,1-2H3/t14-/m1/s1. The molecule has 0 saturated carbocycles. The van der Waals surface area contributed by atoms with Crippen molar-refractivity contribution in [1.29, 1.82) is 0 Å². The summed E-state index contributed by atoms with van der Waals surface area (Å²) in [5.41, 5.74) is 0.503. The zero-order valence-corrected chi connectivity index (χ0v) is 15.7. The summed E-state index contributed by atoms with van der Waals surface area (Å²) in [5, 5.41) is 0.664. The molecule has 0 bridgehead atoms.